The van der Waals surface area contributed by atoms with Crippen LogP contribution in [0.3, 0.4) is 0 Å². The minimum absolute atomic E-state index is 0.0635. The standard InChI is InChI=1S/C20H20ClNO6/c1-26-17-8-7-16(21)9-15(17)10-19(24)28-12-18(23)22-11-13-3-5-14(6-4-13)20(25)27-2/h3-9H,10-12H2,1-2H3,(H,22,23). The Labute approximate surface area is 167 Å². The first-order valence-electron chi connectivity index (χ1n) is 8.35. The fraction of sp³-hybridized carbons (Fsp3) is 0.250. The molecule has 0 saturated heterocycles. The summed E-state index contributed by atoms with van der Waals surface area (Å²) in [5, 5.41) is 3.11. The zero-order valence-electron chi connectivity index (χ0n) is 15.5. The minimum Gasteiger partial charge on any atom is -0.496 e. The van der Waals surface area contributed by atoms with E-state index in [0.717, 1.165) is 5.56 Å². The van der Waals surface area contributed by atoms with Crippen LogP contribution in [0.5, 0.6) is 5.75 Å². The maximum atomic E-state index is 12.0. The number of rotatable bonds is 8. The van der Waals surface area contributed by atoms with Gasteiger partial charge in [-0.2, -0.15) is 0 Å². The molecule has 0 fully saturated rings. The molecule has 1 amide bonds. The molecule has 0 spiro atoms. The van der Waals surface area contributed by atoms with Gasteiger partial charge in [0.25, 0.3) is 5.91 Å². The van der Waals surface area contributed by atoms with Crippen LogP contribution >= 0.6 is 11.6 Å². The number of methoxy groups -OCH3 is 2. The van der Waals surface area contributed by atoms with Crippen molar-refractivity contribution in [1.82, 2.24) is 5.32 Å². The molecule has 0 atom stereocenters. The highest BCUT2D eigenvalue weighted by atomic mass is 35.5. The van der Waals surface area contributed by atoms with Crippen LogP contribution in [0.15, 0.2) is 42.5 Å². The Bertz CT molecular complexity index is 850. The molecule has 0 saturated carbocycles. The molecule has 0 aliphatic carbocycles. The summed E-state index contributed by atoms with van der Waals surface area (Å²) in [5.41, 5.74) is 1.78. The van der Waals surface area contributed by atoms with Gasteiger partial charge in [-0.1, -0.05) is 23.7 Å². The van der Waals surface area contributed by atoms with Crippen LogP contribution in [0.2, 0.25) is 5.02 Å². The summed E-state index contributed by atoms with van der Waals surface area (Å²) in [6.07, 6.45) is -0.0635. The number of nitrogens with one attached hydrogen (secondary N) is 1. The van der Waals surface area contributed by atoms with Gasteiger partial charge in [0.1, 0.15) is 5.75 Å². The largest absolute Gasteiger partial charge is 0.496 e. The van der Waals surface area contributed by atoms with E-state index in [1.54, 1.807) is 42.5 Å². The van der Waals surface area contributed by atoms with Gasteiger partial charge in [0, 0.05) is 17.1 Å². The monoisotopic (exact) mass is 405 g/mol. The van der Waals surface area contributed by atoms with Crippen molar-refractivity contribution < 1.29 is 28.6 Å². The van der Waals surface area contributed by atoms with Gasteiger partial charge in [-0.25, -0.2) is 4.79 Å². The average molecular weight is 406 g/mol. The molecule has 2 rings (SSSR count). The molecular formula is C20H20ClNO6. The highest BCUT2D eigenvalue weighted by Gasteiger charge is 2.13. The van der Waals surface area contributed by atoms with Gasteiger partial charge in [-0.3, -0.25) is 9.59 Å². The van der Waals surface area contributed by atoms with E-state index in [1.165, 1.54) is 14.2 Å². The van der Waals surface area contributed by atoms with Gasteiger partial charge in [-0.05, 0) is 35.9 Å². The Balaban J connectivity index is 1.78. The Morgan fingerprint density at radius 1 is 1.04 bits per heavy atom. The van der Waals surface area contributed by atoms with Crippen LogP contribution in [-0.4, -0.2) is 38.7 Å². The Morgan fingerprint density at radius 3 is 2.39 bits per heavy atom. The molecule has 0 aliphatic heterocycles. The summed E-state index contributed by atoms with van der Waals surface area (Å²) >= 11 is 5.92. The molecule has 28 heavy (non-hydrogen) atoms. The lowest BCUT2D eigenvalue weighted by atomic mass is 10.1. The summed E-state index contributed by atoms with van der Waals surface area (Å²) in [6, 6.07) is 11.5. The highest BCUT2D eigenvalue weighted by molar-refractivity contribution is 6.30. The van der Waals surface area contributed by atoms with E-state index in [-0.39, 0.29) is 13.0 Å². The van der Waals surface area contributed by atoms with Crippen LogP contribution in [0.4, 0.5) is 0 Å². The molecule has 1 N–H and O–H groups in total. The number of amides is 1. The second-order valence-electron chi connectivity index (χ2n) is 5.76. The van der Waals surface area contributed by atoms with Crippen LogP contribution in [0.25, 0.3) is 0 Å². The van der Waals surface area contributed by atoms with Crippen molar-refractivity contribution in [3.05, 3.63) is 64.2 Å². The molecule has 0 aromatic heterocycles. The molecule has 8 heteroatoms. The molecule has 2 aromatic carbocycles. The summed E-state index contributed by atoms with van der Waals surface area (Å²) < 4.78 is 14.8. The second-order valence-corrected chi connectivity index (χ2v) is 6.20. The first-order chi connectivity index (χ1) is 13.4. The van der Waals surface area contributed by atoms with E-state index in [0.29, 0.717) is 21.9 Å². The molecule has 0 bridgehead atoms. The van der Waals surface area contributed by atoms with Crippen molar-refractivity contribution in [2.75, 3.05) is 20.8 Å². The number of carbonyl (C=O) groups is 3. The molecule has 7 nitrogen and oxygen atoms in total. The summed E-state index contributed by atoms with van der Waals surface area (Å²) in [7, 11) is 2.80. The summed E-state index contributed by atoms with van der Waals surface area (Å²) in [6.45, 7) is -0.165. The maximum absolute atomic E-state index is 12.0. The SMILES string of the molecule is COC(=O)c1ccc(CNC(=O)COC(=O)Cc2cc(Cl)ccc2OC)cc1. The minimum atomic E-state index is -0.571. The third-order valence-corrected chi connectivity index (χ3v) is 4.04. The predicted octanol–water partition coefficient (Wildman–Crippen LogP) is 2.54. The number of hydrogen-bond donors (Lipinski definition) is 1. The van der Waals surface area contributed by atoms with Crippen LogP contribution in [0, 0.1) is 0 Å². The third kappa shape index (κ3) is 6.28. The van der Waals surface area contributed by atoms with Crippen molar-refractivity contribution in [3.63, 3.8) is 0 Å². The van der Waals surface area contributed by atoms with Crippen molar-refractivity contribution in [3.8, 4) is 5.75 Å². The first-order valence-corrected chi connectivity index (χ1v) is 8.72. The van der Waals surface area contributed by atoms with Gasteiger partial charge >= 0.3 is 11.9 Å². The smallest absolute Gasteiger partial charge is 0.337 e. The normalized spacial score (nSPS) is 10.1. The molecule has 0 heterocycles. The summed E-state index contributed by atoms with van der Waals surface area (Å²) in [4.78, 5) is 35.2. The fourth-order valence-electron chi connectivity index (χ4n) is 2.37. The van der Waals surface area contributed by atoms with E-state index in [2.05, 4.69) is 10.1 Å². The topological polar surface area (TPSA) is 90.9 Å². The van der Waals surface area contributed by atoms with Gasteiger partial charge < -0.3 is 19.5 Å². The number of halogens is 1. The molecule has 2 aromatic rings. The van der Waals surface area contributed by atoms with E-state index in [9.17, 15) is 14.4 Å². The van der Waals surface area contributed by atoms with E-state index in [1.807, 2.05) is 0 Å². The Kier molecular flexibility index (Phi) is 7.83. The summed E-state index contributed by atoms with van der Waals surface area (Å²) in [5.74, 6) is -0.929. The molecular weight excluding hydrogens is 386 g/mol. The lowest BCUT2D eigenvalue weighted by Crippen LogP contribution is -2.28. The van der Waals surface area contributed by atoms with E-state index >= 15 is 0 Å². The van der Waals surface area contributed by atoms with E-state index < -0.39 is 24.5 Å². The number of ether oxygens (including phenoxy) is 3. The van der Waals surface area contributed by atoms with Gasteiger partial charge in [0.2, 0.25) is 0 Å². The van der Waals surface area contributed by atoms with Gasteiger partial charge in [-0.15, -0.1) is 0 Å². The predicted molar refractivity (Wildman–Crippen MR) is 102 cm³/mol. The van der Waals surface area contributed by atoms with E-state index in [4.69, 9.17) is 21.1 Å². The first kappa shape index (κ1) is 21.2. The van der Waals surface area contributed by atoms with Crippen molar-refractivity contribution in [2.45, 2.75) is 13.0 Å². The average Bonchev–Trinajstić information content (AvgIpc) is 2.70. The van der Waals surface area contributed by atoms with Crippen LogP contribution in [0.1, 0.15) is 21.5 Å². The zero-order valence-corrected chi connectivity index (χ0v) is 16.2. The quantitative estimate of drug-likeness (QED) is 0.679. The molecule has 148 valence electrons. The van der Waals surface area contributed by atoms with Crippen LogP contribution in [-0.2, 0) is 32.0 Å². The maximum Gasteiger partial charge on any atom is 0.337 e. The fourth-order valence-corrected chi connectivity index (χ4v) is 2.56. The van der Waals surface area contributed by atoms with Crippen molar-refractivity contribution in [1.29, 1.82) is 0 Å². The second kappa shape index (κ2) is 10.3. The number of carbonyl (C=O) groups excluding carboxylic acids is 3. The van der Waals surface area contributed by atoms with Gasteiger partial charge in [0.05, 0.1) is 26.2 Å². The van der Waals surface area contributed by atoms with Gasteiger partial charge in [0.15, 0.2) is 6.61 Å². The molecule has 0 aliphatic rings. The lowest BCUT2D eigenvalue weighted by Gasteiger charge is -2.10. The number of hydrogen-bond acceptors (Lipinski definition) is 6. The van der Waals surface area contributed by atoms with Crippen molar-refractivity contribution in [2.24, 2.45) is 0 Å². The lowest BCUT2D eigenvalue weighted by molar-refractivity contribution is -0.147. The highest BCUT2D eigenvalue weighted by Crippen LogP contribution is 2.23. The zero-order chi connectivity index (χ0) is 20.5. The molecule has 0 radical (unpaired) electrons. The third-order valence-electron chi connectivity index (χ3n) is 3.81. The van der Waals surface area contributed by atoms with Crippen molar-refractivity contribution >= 4 is 29.4 Å². The number of benzene rings is 2. The number of esters is 2. The Hall–Kier alpha value is -3.06. The molecule has 0 unspecified atom stereocenters. The van der Waals surface area contributed by atoms with Crippen LogP contribution < -0.4 is 10.1 Å². The Morgan fingerprint density at radius 2 is 1.75 bits per heavy atom.